The third kappa shape index (κ3) is 12.3. The summed E-state index contributed by atoms with van der Waals surface area (Å²) in [5.41, 5.74) is 1.90. The van der Waals surface area contributed by atoms with Crippen molar-refractivity contribution in [2.24, 2.45) is 4.99 Å². The smallest absolute Gasteiger partial charge is 0.407 e. The lowest BCUT2D eigenvalue weighted by Gasteiger charge is -2.37. The number of rotatable bonds is 4. The van der Waals surface area contributed by atoms with E-state index in [1.807, 2.05) is 95.0 Å². The lowest BCUT2D eigenvalue weighted by atomic mass is 9.81. The number of nitrogens with zero attached hydrogens (tertiary/aromatic N) is 3. The SMILES string of the molecule is C.C1=NCc2ccccc21.CC(C)(C)OC(=O)N[C@@H]1CCCC(O)(Cn2ncc3ccccc32)C1.CC(C)(C)OC(=O)N[C@@H]1CCCC2(CO2)C1. The standard InChI is InChI=1S/C19H27N3O3.C12H21NO3.C8H7N.CH4/c1-18(2,3)25-17(23)21-15-8-6-10-19(24,11-15)13-22-16-9-5-4-7-14(16)12-20-22;1-11(2,3)16-10(14)13-9-5-4-6-12(7-9)8-15-12;1-2-4-8-6-9-5-7(8)3-1;/h4-5,7,9,12,15,24H,6,8,10-11,13H2,1-3H3,(H,21,23);9H,4-8H2,1-3H3,(H,13,14);1-5H,6H2;1H4/t15-,19?;9-,12?;;/m11../s1. The van der Waals surface area contributed by atoms with Gasteiger partial charge in [-0.1, -0.05) is 49.9 Å². The lowest BCUT2D eigenvalue weighted by molar-refractivity contribution is -0.0252. The van der Waals surface area contributed by atoms with E-state index < -0.39 is 22.9 Å². The van der Waals surface area contributed by atoms with Gasteiger partial charge in [0.25, 0.3) is 0 Å². The monoisotopic (exact) mass is 705 g/mol. The Morgan fingerprint density at radius 2 is 1.49 bits per heavy atom. The summed E-state index contributed by atoms with van der Waals surface area (Å²) in [5.74, 6) is 0. The molecule has 2 aliphatic heterocycles. The highest BCUT2D eigenvalue weighted by Gasteiger charge is 2.48. The average molecular weight is 706 g/mol. The van der Waals surface area contributed by atoms with Crippen molar-refractivity contribution in [1.29, 1.82) is 0 Å². The zero-order valence-electron chi connectivity index (χ0n) is 30.5. The van der Waals surface area contributed by atoms with Gasteiger partial charge in [-0.25, -0.2) is 9.59 Å². The topological polar surface area (TPSA) is 140 Å². The van der Waals surface area contributed by atoms with Crippen LogP contribution >= 0.6 is 0 Å². The Balaban J connectivity index is 0.000000190. The van der Waals surface area contributed by atoms with Crippen LogP contribution in [0.5, 0.6) is 0 Å². The molecule has 2 unspecified atom stereocenters. The predicted octanol–water partition coefficient (Wildman–Crippen LogP) is 7.71. The van der Waals surface area contributed by atoms with E-state index >= 15 is 0 Å². The molecule has 2 amide bonds. The Labute approximate surface area is 303 Å². The Bertz CT molecular complexity index is 1640. The van der Waals surface area contributed by atoms with Gasteiger partial charge in [-0.3, -0.25) is 9.67 Å². The number of para-hydroxylation sites is 1. The van der Waals surface area contributed by atoms with Crippen LogP contribution in [0.4, 0.5) is 9.59 Å². The molecule has 1 spiro atoms. The van der Waals surface area contributed by atoms with Crippen LogP contribution in [0.15, 0.2) is 59.7 Å². The van der Waals surface area contributed by atoms with E-state index in [4.69, 9.17) is 14.2 Å². The fourth-order valence-electron chi connectivity index (χ4n) is 6.84. The molecule has 1 aromatic heterocycles. The molecule has 2 aromatic carbocycles. The second-order valence-corrected chi connectivity index (χ2v) is 16.1. The van der Waals surface area contributed by atoms with Crippen molar-refractivity contribution in [3.63, 3.8) is 0 Å². The van der Waals surface area contributed by atoms with Crippen LogP contribution in [0.25, 0.3) is 10.9 Å². The summed E-state index contributed by atoms with van der Waals surface area (Å²) < 4.78 is 17.9. The van der Waals surface area contributed by atoms with E-state index in [1.165, 1.54) is 11.1 Å². The molecule has 4 aliphatic rings. The molecule has 4 atom stereocenters. The Morgan fingerprint density at radius 1 is 0.902 bits per heavy atom. The first-order valence-corrected chi connectivity index (χ1v) is 17.9. The van der Waals surface area contributed by atoms with Crippen LogP contribution in [0.3, 0.4) is 0 Å². The molecule has 1 saturated heterocycles. The van der Waals surface area contributed by atoms with Crippen molar-refractivity contribution in [1.82, 2.24) is 20.4 Å². The van der Waals surface area contributed by atoms with Gasteiger partial charge in [-0.2, -0.15) is 5.10 Å². The van der Waals surface area contributed by atoms with Crippen molar-refractivity contribution in [2.45, 2.75) is 148 Å². The van der Waals surface area contributed by atoms with E-state index in [9.17, 15) is 14.7 Å². The maximum Gasteiger partial charge on any atom is 0.407 e. The molecule has 11 nitrogen and oxygen atoms in total. The first kappa shape index (κ1) is 39.8. The van der Waals surface area contributed by atoms with Crippen LogP contribution in [0.1, 0.15) is 111 Å². The Morgan fingerprint density at radius 3 is 2.12 bits per heavy atom. The molecule has 11 heteroatoms. The number of hydrogen-bond acceptors (Lipinski definition) is 8. The maximum absolute atomic E-state index is 12.0. The zero-order valence-corrected chi connectivity index (χ0v) is 30.5. The summed E-state index contributed by atoms with van der Waals surface area (Å²) in [5, 5.41) is 22.4. The number of benzene rings is 2. The third-order valence-corrected chi connectivity index (χ3v) is 9.16. The number of hydrogen-bond donors (Lipinski definition) is 3. The molecule has 3 aromatic rings. The van der Waals surface area contributed by atoms with Crippen LogP contribution in [0, 0.1) is 0 Å². The molecule has 0 radical (unpaired) electrons. The minimum atomic E-state index is -0.882. The maximum atomic E-state index is 12.0. The highest BCUT2D eigenvalue weighted by molar-refractivity contribution is 5.84. The Kier molecular flexibility index (Phi) is 13.0. The van der Waals surface area contributed by atoms with E-state index in [0.717, 1.165) is 62.6 Å². The summed E-state index contributed by atoms with van der Waals surface area (Å²) in [6.07, 6.45) is 10.1. The number of fused-ring (bicyclic) bond motifs is 2. The van der Waals surface area contributed by atoms with Crippen molar-refractivity contribution in [2.75, 3.05) is 6.61 Å². The molecule has 7 rings (SSSR count). The number of aliphatic imine (C=N–C) groups is 1. The average Bonchev–Trinajstić information content (AvgIpc) is 3.39. The molecular weight excluding hydrogens is 646 g/mol. The molecule has 3 heterocycles. The summed E-state index contributed by atoms with van der Waals surface area (Å²) in [4.78, 5) is 27.7. The highest BCUT2D eigenvalue weighted by atomic mass is 16.6. The fourth-order valence-corrected chi connectivity index (χ4v) is 6.84. The third-order valence-electron chi connectivity index (χ3n) is 9.16. The minimum absolute atomic E-state index is 0. The van der Waals surface area contributed by atoms with Gasteiger partial charge in [-0.15, -0.1) is 0 Å². The highest BCUT2D eigenvalue weighted by Crippen LogP contribution is 2.41. The zero-order chi connectivity index (χ0) is 36.0. The number of carbonyl (C=O) groups excluding carboxylic acids is 2. The second kappa shape index (κ2) is 16.6. The summed E-state index contributed by atoms with van der Waals surface area (Å²) in [7, 11) is 0. The number of epoxide rings is 1. The quantitative estimate of drug-likeness (QED) is 0.236. The fraction of sp³-hybridized carbons (Fsp3) is 0.600. The molecule has 51 heavy (non-hydrogen) atoms. The van der Waals surface area contributed by atoms with Gasteiger partial charge in [0.1, 0.15) is 11.2 Å². The molecule has 0 bridgehead atoms. The summed E-state index contributed by atoms with van der Waals surface area (Å²) >= 11 is 0. The summed E-state index contributed by atoms with van der Waals surface area (Å²) in [6, 6.07) is 16.4. The molecule has 3 fully saturated rings. The number of aliphatic hydroxyl groups is 1. The number of nitrogens with one attached hydrogen (secondary N) is 2. The molecule has 3 N–H and O–H groups in total. The van der Waals surface area contributed by atoms with Gasteiger partial charge >= 0.3 is 12.2 Å². The lowest BCUT2D eigenvalue weighted by Crippen LogP contribution is -2.48. The molecular formula is C40H59N5O6. The van der Waals surface area contributed by atoms with Crippen LogP contribution in [-0.2, 0) is 27.3 Å². The van der Waals surface area contributed by atoms with Crippen molar-refractivity contribution in [3.8, 4) is 0 Å². The van der Waals surface area contributed by atoms with Crippen LogP contribution < -0.4 is 10.6 Å². The van der Waals surface area contributed by atoms with Crippen molar-refractivity contribution >= 4 is 29.3 Å². The first-order valence-electron chi connectivity index (χ1n) is 17.9. The minimum Gasteiger partial charge on any atom is -0.444 e. The molecule has 2 saturated carbocycles. The normalized spacial score (nSPS) is 24.8. The van der Waals surface area contributed by atoms with E-state index in [0.29, 0.717) is 19.4 Å². The van der Waals surface area contributed by atoms with Gasteiger partial charge in [0.2, 0.25) is 0 Å². The van der Waals surface area contributed by atoms with Gasteiger partial charge in [0, 0.05) is 23.7 Å². The van der Waals surface area contributed by atoms with Crippen molar-refractivity contribution < 1.29 is 28.9 Å². The second-order valence-electron chi connectivity index (χ2n) is 16.1. The number of aromatic nitrogens is 2. The first-order chi connectivity index (χ1) is 23.6. The molecule has 280 valence electrons. The number of amides is 2. The van der Waals surface area contributed by atoms with Crippen molar-refractivity contribution in [3.05, 3.63) is 65.9 Å². The van der Waals surface area contributed by atoms with E-state index in [-0.39, 0.29) is 31.2 Å². The summed E-state index contributed by atoms with van der Waals surface area (Å²) in [6.45, 7) is 13.3. The largest absolute Gasteiger partial charge is 0.444 e. The van der Waals surface area contributed by atoms with E-state index in [2.05, 4.69) is 32.9 Å². The van der Waals surface area contributed by atoms with E-state index in [1.54, 1.807) is 0 Å². The van der Waals surface area contributed by atoms with Gasteiger partial charge in [-0.05, 0) is 110 Å². The number of carbonyl (C=O) groups is 2. The van der Waals surface area contributed by atoms with Gasteiger partial charge in [0.05, 0.1) is 42.6 Å². The van der Waals surface area contributed by atoms with Crippen LogP contribution in [0.2, 0.25) is 0 Å². The van der Waals surface area contributed by atoms with Gasteiger partial charge < -0.3 is 30.0 Å². The number of alkyl carbamates (subject to hydrolysis) is 2. The van der Waals surface area contributed by atoms with Crippen LogP contribution in [-0.4, -0.2) is 74.4 Å². The predicted molar refractivity (Wildman–Crippen MR) is 201 cm³/mol. The van der Waals surface area contributed by atoms with Gasteiger partial charge in [0.15, 0.2) is 0 Å². The number of ether oxygens (including phenoxy) is 3. The Hall–Kier alpha value is -3.96. The molecule has 2 aliphatic carbocycles.